The van der Waals surface area contributed by atoms with E-state index in [1.807, 2.05) is 6.92 Å². The van der Waals surface area contributed by atoms with E-state index in [0.29, 0.717) is 0 Å². The van der Waals surface area contributed by atoms with Crippen LogP contribution < -0.4 is 5.32 Å². The third kappa shape index (κ3) is 3.49. The lowest BCUT2D eigenvalue weighted by Crippen LogP contribution is -2.17. The SMILES string of the molecule is Cc1nsc(NC(C)Cc2ccc(F)cc2)n1. The fourth-order valence-electron chi connectivity index (χ4n) is 1.59. The van der Waals surface area contributed by atoms with Gasteiger partial charge in [-0.05, 0) is 38.0 Å². The molecule has 1 aromatic carbocycles. The minimum Gasteiger partial charge on any atom is -0.357 e. The van der Waals surface area contributed by atoms with Gasteiger partial charge in [-0.3, -0.25) is 0 Å². The summed E-state index contributed by atoms with van der Waals surface area (Å²) in [5, 5.41) is 4.11. The van der Waals surface area contributed by atoms with E-state index in [4.69, 9.17) is 0 Å². The Kier molecular flexibility index (Phi) is 3.68. The Morgan fingerprint density at radius 1 is 1.35 bits per heavy atom. The largest absolute Gasteiger partial charge is 0.357 e. The molecule has 5 heteroatoms. The van der Waals surface area contributed by atoms with Crippen molar-refractivity contribution in [3.8, 4) is 0 Å². The van der Waals surface area contributed by atoms with E-state index in [0.717, 1.165) is 22.9 Å². The van der Waals surface area contributed by atoms with Crippen LogP contribution in [0.2, 0.25) is 0 Å². The van der Waals surface area contributed by atoms with E-state index >= 15 is 0 Å². The van der Waals surface area contributed by atoms with E-state index in [1.165, 1.54) is 23.7 Å². The van der Waals surface area contributed by atoms with Gasteiger partial charge >= 0.3 is 0 Å². The van der Waals surface area contributed by atoms with Gasteiger partial charge in [-0.25, -0.2) is 9.37 Å². The molecule has 2 rings (SSSR count). The standard InChI is InChI=1S/C12H14FN3S/c1-8(14-12-15-9(2)16-17-12)7-10-3-5-11(13)6-4-10/h3-6,8H,7H2,1-2H3,(H,14,15,16). The van der Waals surface area contributed by atoms with Crippen molar-refractivity contribution >= 4 is 16.7 Å². The van der Waals surface area contributed by atoms with Crippen molar-refractivity contribution in [2.24, 2.45) is 0 Å². The van der Waals surface area contributed by atoms with E-state index < -0.39 is 0 Å². The number of hydrogen-bond donors (Lipinski definition) is 1. The average Bonchev–Trinajstić information content (AvgIpc) is 2.67. The normalized spacial score (nSPS) is 12.4. The molecule has 1 N–H and O–H groups in total. The first-order valence-corrected chi connectivity index (χ1v) is 6.22. The molecule has 0 amide bonds. The van der Waals surface area contributed by atoms with Crippen LogP contribution in [0.3, 0.4) is 0 Å². The molecule has 0 saturated heterocycles. The number of rotatable bonds is 4. The van der Waals surface area contributed by atoms with Gasteiger partial charge in [-0.2, -0.15) is 4.37 Å². The van der Waals surface area contributed by atoms with Gasteiger partial charge in [0, 0.05) is 17.6 Å². The minimum atomic E-state index is -0.200. The van der Waals surface area contributed by atoms with Crippen molar-refractivity contribution < 1.29 is 4.39 Å². The lowest BCUT2D eigenvalue weighted by Gasteiger charge is -2.12. The Morgan fingerprint density at radius 2 is 2.06 bits per heavy atom. The van der Waals surface area contributed by atoms with Crippen LogP contribution in [0, 0.1) is 12.7 Å². The number of halogens is 1. The maximum Gasteiger partial charge on any atom is 0.202 e. The topological polar surface area (TPSA) is 37.8 Å². The van der Waals surface area contributed by atoms with E-state index in [9.17, 15) is 4.39 Å². The third-order valence-electron chi connectivity index (χ3n) is 2.35. The Morgan fingerprint density at radius 3 is 2.65 bits per heavy atom. The van der Waals surface area contributed by atoms with Gasteiger partial charge in [0.15, 0.2) is 0 Å². The Balaban J connectivity index is 1.93. The number of nitrogens with one attached hydrogen (secondary N) is 1. The zero-order chi connectivity index (χ0) is 12.3. The van der Waals surface area contributed by atoms with Crippen LogP contribution in [0.1, 0.15) is 18.3 Å². The molecule has 0 radical (unpaired) electrons. The first-order chi connectivity index (χ1) is 8.13. The smallest absolute Gasteiger partial charge is 0.202 e. The molecule has 0 aliphatic carbocycles. The van der Waals surface area contributed by atoms with Crippen molar-refractivity contribution in [1.29, 1.82) is 0 Å². The predicted molar refractivity (Wildman–Crippen MR) is 67.8 cm³/mol. The number of aromatic nitrogens is 2. The molecular formula is C12H14FN3S. The van der Waals surface area contributed by atoms with Crippen LogP contribution >= 0.6 is 11.5 Å². The summed E-state index contributed by atoms with van der Waals surface area (Å²) >= 11 is 1.36. The fourth-order valence-corrected chi connectivity index (χ4v) is 2.28. The fraction of sp³-hybridized carbons (Fsp3) is 0.333. The van der Waals surface area contributed by atoms with Gasteiger partial charge in [0.25, 0.3) is 0 Å². The average molecular weight is 251 g/mol. The Hall–Kier alpha value is -1.49. The molecule has 1 atom stereocenters. The Bertz CT molecular complexity index is 481. The zero-order valence-electron chi connectivity index (χ0n) is 9.77. The number of benzene rings is 1. The molecule has 0 bridgehead atoms. The second kappa shape index (κ2) is 5.23. The van der Waals surface area contributed by atoms with Crippen molar-refractivity contribution in [3.63, 3.8) is 0 Å². The van der Waals surface area contributed by atoms with Gasteiger partial charge in [0.1, 0.15) is 11.6 Å². The minimum absolute atomic E-state index is 0.200. The van der Waals surface area contributed by atoms with E-state index in [-0.39, 0.29) is 11.9 Å². The lowest BCUT2D eigenvalue weighted by atomic mass is 10.1. The quantitative estimate of drug-likeness (QED) is 0.907. The zero-order valence-corrected chi connectivity index (χ0v) is 10.6. The maximum absolute atomic E-state index is 12.7. The molecule has 1 aromatic heterocycles. The molecule has 0 aliphatic heterocycles. The van der Waals surface area contributed by atoms with Crippen molar-refractivity contribution in [1.82, 2.24) is 9.36 Å². The predicted octanol–water partition coefficient (Wildman–Crippen LogP) is 3.03. The number of nitrogens with zero attached hydrogens (tertiary/aromatic N) is 2. The van der Waals surface area contributed by atoms with Gasteiger partial charge in [-0.1, -0.05) is 12.1 Å². The lowest BCUT2D eigenvalue weighted by molar-refractivity contribution is 0.626. The van der Waals surface area contributed by atoms with Gasteiger partial charge in [0.2, 0.25) is 5.13 Å². The molecular weight excluding hydrogens is 237 g/mol. The second-order valence-electron chi connectivity index (χ2n) is 4.02. The molecule has 0 fully saturated rings. The van der Waals surface area contributed by atoms with Gasteiger partial charge in [0.05, 0.1) is 0 Å². The highest BCUT2D eigenvalue weighted by atomic mass is 32.1. The van der Waals surface area contributed by atoms with Crippen LogP contribution in [0.15, 0.2) is 24.3 Å². The van der Waals surface area contributed by atoms with Crippen molar-refractivity contribution in [3.05, 3.63) is 41.5 Å². The highest BCUT2D eigenvalue weighted by Gasteiger charge is 2.06. The molecule has 90 valence electrons. The van der Waals surface area contributed by atoms with Crippen LogP contribution in [0.25, 0.3) is 0 Å². The molecule has 0 spiro atoms. The molecule has 0 saturated carbocycles. The molecule has 1 heterocycles. The molecule has 17 heavy (non-hydrogen) atoms. The monoisotopic (exact) mass is 251 g/mol. The van der Waals surface area contributed by atoms with Crippen LogP contribution in [-0.2, 0) is 6.42 Å². The highest BCUT2D eigenvalue weighted by Crippen LogP contribution is 2.13. The first-order valence-electron chi connectivity index (χ1n) is 5.45. The molecule has 3 nitrogen and oxygen atoms in total. The summed E-state index contributed by atoms with van der Waals surface area (Å²) in [4.78, 5) is 4.24. The van der Waals surface area contributed by atoms with Gasteiger partial charge in [-0.15, -0.1) is 0 Å². The summed E-state index contributed by atoms with van der Waals surface area (Å²) in [5.74, 6) is 0.584. The summed E-state index contributed by atoms with van der Waals surface area (Å²) in [6.07, 6.45) is 0.832. The maximum atomic E-state index is 12.7. The van der Waals surface area contributed by atoms with Crippen LogP contribution in [-0.4, -0.2) is 15.4 Å². The summed E-state index contributed by atoms with van der Waals surface area (Å²) in [6.45, 7) is 3.94. The second-order valence-corrected chi connectivity index (χ2v) is 4.77. The highest BCUT2D eigenvalue weighted by molar-refractivity contribution is 7.09. The first kappa shape index (κ1) is 12.0. The van der Waals surface area contributed by atoms with Crippen LogP contribution in [0.4, 0.5) is 9.52 Å². The van der Waals surface area contributed by atoms with Crippen molar-refractivity contribution in [2.75, 3.05) is 5.32 Å². The molecule has 2 aromatic rings. The van der Waals surface area contributed by atoms with E-state index in [2.05, 4.69) is 21.6 Å². The van der Waals surface area contributed by atoms with Crippen LogP contribution in [0.5, 0.6) is 0 Å². The Labute approximate surface area is 104 Å². The summed E-state index contributed by atoms with van der Waals surface area (Å²) in [6, 6.07) is 6.82. The number of anilines is 1. The van der Waals surface area contributed by atoms with Gasteiger partial charge < -0.3 is 5.32 Å². The summed E-state index contributed by atoms with van der Waals surface area (Å²) < 4.78 is 16.8. The van der Waals surface area contributed by atoms with E-state index in [1.54, 1.807) is 12.1 Å². The molecule has 1 unspecified atom stereocenters. The number of hydrogen-bond acceptors (Lipinski definition) is 4. The summed E-state index contributed by atoms with van der Waals surface area (Å²) in [5.41, 5.74) is 1.10. The molecule has 0 aliphatic rings. The van der Waals surface area contributed by atoms with Crippen molar-refractivity contribution in [2.45, 2.75) is 26.3 Å². The summed E-state index contributed by atoms with van der Waals surface area (Å²) in [7, 11) is 0. The third-order valence-corrected chi connectivity index (χ3v) is 3.09. The number of aryl methyl sites for hydroxylation is 1.